The number of benzene rings is 1. The van der Waals surface area contributed by atoms with Crippen molar-refractivity contribution in [3.63, 3.8) is 0 Å². The molecule has 2 N–H and O–H groups in total. The first kappa shape index (κ1) is 21.3. The Labute approximate surface area is 162 Å². The van der Waals surface area contributed by atoms with Gasteiger partial charge in [-0.05, 0) is 37.1 Å². The molecule has 0 unspecified atom stereocenters. The molecule has 1 atom stereocenters. The SMILES string of the molecule is CC(C)CNC(=O)[C@H](C)Sc1nnc(Nc2ccc(OC(F)(F)F)cc2)s1. The quantitative estimate of drug-likeness (QED) is 0.615. The van der Waals surface area contributed by atoms with Gasteiger partial charge in [0.2, 0.25) is 11.0 Å². The highest BCUT2D eigenvalue weighted by Crippen LogP contribution is 2.31. The molecule has 148 valence electrons. The molecule has 0 bridgehead atoms. The Kier molecular flexibility index (Phi) is 7.31. The molecule has 11 heteroatoms. The number of nitrogens with zero attached hydrogens (tertiary/aromatic N) is 2. The van der Waals surface area contributed by atoms with Crippen LogP contribution in [0.3, 0.4) is 0 Å². The first-order chi connectivity index (χ1) is 12.6. The number of thioether (sulfide) groups is 1. The Morgan fingerprint density at radius 2 is 1.89 bits per heavy atom. The fourth-order valence-electron chi connectivity index (χ4n) is 1.82. The van der Waals surface area contributed by atoms with Crippen molar-refractivity contribution in [1.29, 1.82) is 0 Å². The number of halogens is 3. The summed E-state index contributed by atoms with van der Waals surface area (Å²) in [6, 6.07) is 5.29. The second-order valence-electron chi connectivity index (χ2n) is 5.97. The van der Waals surface area contributed by atoms with Crippen molar-refractivity contribution in [3.8, 4) is 5.75 Å². The summed E-state index contributed by atoms with van der Waals surface area (Å²) < 4.78 is 40.9. The first-order valence-electron chi connectivity index (χ1n) is 8.03. The van der Waals surface area contributed by atoms with E-state index in [1.165, 1.54) is 47.4 Å². The third-order valence-electron chi connectivity index (χ3n) is 3.08. The molecule has 0 spiro atoms. The van der Waals surface area contributed by atoms with Crippen LogP contribution in [0.15, 0.2) is 28.6 Å². The molecule has 6 nitrogen and oxygen atoms in total. The zero-order valence-electron chi connectivity index (χ0n) is 14.8. The molecule has 27 heavy (non-hydrogen) atoms. The van der Waals surface area contributed by atoms with Crippen molar-refractivity contribution in [2.45, 2.75) is 36.7 Å². The van der Waals surface area contributed by atoms with Crippen LogP contribution in [0.25, 0.3) is 0 Å². The van der Waals surface area contributed by atoms with Gasteiger partial charge in [0.15, 0.2) is 4.34 Å². The van der Waals surface area contributed by atoms with Gasteiger partial charge in [0.05, 0.1) is 5.25 Å². The zero-order valence-corrected chi connectivity index (χ0v) is 16.5. The highest BCUT2D eigenvalue weighted by Gasteiger charge is 2.30. The lowest BCUT2D eigenvalue weighted by atomic mass is 10.2. The number of aromatic nitrogens is 2. The van der Waals surface area contributed by atoms with E-state index in [1.54, 1.807) is 6.92 Å². The lowest BCUT2D eigenvalue weighted by Gasteiger charge is -2.11. The molecule has 0 aliphatic carbocycles. The van der Waals surface area contributed by atoms with Crippen LogP contribution in [0.5, 0.6) is 5.75 Å². The lowest BCUT2D eigenvalue weighted by molar-refractivity contribution is -0.274. The highest BCUT2D eigenvalue weighted by molar-refractivity contribution is 8.02. The van der Waals surface area contributed by atoms with Crippen LogP contribution in [-0.2, 0) is 4.79 Å². The fourth-order valence-corrected chi connectivity index (χ4v) is 3.77. The van der Waals surface area contributed by atoms with Gasteiger partial charge < -0.3 is 15.4 Å². The molecular weight excluding hydrogens is 401 g/mol. The first-order valence-corrected chi connectivity index (χ1v) is 9.72. The van der Waals surface area contributed by atoms with Gasteiger partial charge in [-0.15, -0.1) is 23.4 Å². The Hall–Kier alpha value is -2.01. The Bertz CT molecular complexity index is 751. The number of hydrogen-bond donors (Lipinski definition) is 2. The van der Waals surface area contributed by atoms with Crippen LogP contribution in [0.2, 0.25) is 0 Å². The molecular formula is C16H19F3N4O2S2. The van der Waals surface area contributed by atoms with Crippen LogP contribution >= 0.6 is 23.1 Å². The molecule has 0 aliphatic rings. The van der Waals surface area contributed by atoms with Gasteiger partial charge in [0, 0.05) is 12.2 Å². The molecule has 0 fully saturated rings. The average Bonchev–Trinajstić information content (AvgIpc) is 3.00. The van der Waals surface area contributed by atoms with E-state index in [4.69, 9.17) is 0 Å². The standard InChI is InChI=1S/C16H19F3N4O2S2/c1-9(2)8-20-13(24)10(3)26-15-23-22-14(27-15)21-11-4-6-12(7-5-11)25-16(17,18)19/h4-7,9-10H,8H2,1-3H3,(H,20,24)(H,21,22)/t10-/m0/s1. The number of anilines is 2. The highest BCUT2D eigenvalue weighted by atomic mass is 32.2. The van der Waals surface area contributed by atoms with E-state index in [9.17, 15) is 18.0 Å². The maximum absolute atomic E-state index is 12.2. The average molecular weight is 420 g/mol. The predicted octanol–water partition coefficient (Wildman–Crippen LogP) is 4.43. The minimum atomic E-state index is -4.72. The molecule has 2 aromatic rings. The minimum absolute atomic E-state index is 0.0707. The predicted molar refractivity (Wildman–Crippen MR) is 99.5 cm³/mol. The second kappa shape index (κ2) is 9.27. The summed E-state index contributed by atoms with van der Waals surface area (Å²) in [6.07, 6.45) is -4.72. The third-order valence-corrected chi connectivity index (χ3v) is 5.10. The summed E-state index contributed by atoms with van der Waals surface area (Å²) in [7, 11) is 0. The number of amides is 1. The van der Waals surface area contributed by atoms with Crippen molar-refractivity contribution < 1.29 is 22.7 Å². The van der Waals surface area contributed by atoms with Crippen molar-refractivity contribution in [2.75, 3.05) is 11.9 Å². The maximum Gasteiger partial charge on any atom is 0.573 e. The molecule has 0 saturated carbocycles. The number of carbonyl (C=O) groups excluding carboxylic acids is 1. The van der Waals surface area contributed by atoms with Gasteiger partial charge in [-0.2, -0.15) is 0 Å². The second-order valence-corrected chi connectivity index (χ2v) is 8.53. The number of hydrogen-bond acceptors (Lipinski definition) is 7. The summed E-state index contributed by atoms with van der Waals surface area (Å²) in [4.78, 5) is 12.0. The lowest BCUT2D eigenvalue weighted by Crippen LogP contribution is -2.33. The van der Waals surface area contributed by atoms with Gasteiger partial charge in [-0.3, -0.25) is 4.79 Å². The van der Waals surface area contributed by atoms with E-state index in [1.807, 2.05) is 13.8 Å². The van der Waals surface area contributed by atoms with E-state index < -0.39 is 6.36 Å². The van der Waals surface area contributed by atoms with Gasteiger partial charge >= 0.3 is 6.36 Å². The molecule has 1 amide bonds. The summed E-state index contributed by atoms with van der Waals surface area (Å²) in [5.41, 5.74) is 0.542. The number of ether oxygens (including phenoxy) is 1. The summed E-state index contributed by atoms with van der Waals surface area (Å²) >= 11 is 2.54. The van der Waals surface area contributed by atoms with Crippen molar-refractivity contribution >= 4 is 39.8 Å². The molecule has 0 radical (unpaired) electrons. The number of carbonyl (C=O) groups is 1. The third kappa shape index (κ3) is 7.63. The molecule has 0 saturated heterocycles. The van der Waals surface area contributed by atoms with Crippen molar-refractivity contribution in [2.24, 2.45) is 5.92 Å². The Balaban J connectivity index is 1.89. The number of alkyl halides is 3. The van der Waals surface area contributed by atoms with E-state index in [2.05, 4.69) is 25.6 Å². The fraction of sp³-hybridized carbons (Fsp3) is 0.438. The topological polar surface area (TPSA) is 76.1 Å². The van der Waals surface area contributed by atoms with E-state index in [-0.39, 0.29) is 16.9 Å². The summed E-state index contributed by atoms with van der Waals surface area (Å²) in [5.74, 6) is -0.00198. The van der Waals surface area contributed by atoms with Crippen LogP contribution in [0.4, 0.5) is 24.0 Å². The van der Waals surface area contributed by atoms with Crippen LogP contribution in [-0.4, -0.2) is 34.3 Å². The monoisotopic (exact) mass is 420 g/mol. The van der Waals surface area contributed by atoms with Gasteiger partial charge in [0.25, 0.3) is 0 Å². The van der Waals surface area contributed by atoms with Gasteiger partial charge in [-0.1, -0.05) is 36.9 Å². The number of rotatable bonds is 8. The maximum atomic E-state index is 12.2. The van der Waals surface area contributed by atoms with Crippen LogP contribution in [0.1, 0.15) is 20.8 Å². The normalized spacial score (nSPS) is 12.7. The number of nitrogens with one attached hydrogen (secondary N) is 2. The van der Waals surface area contributed by atoms with Crippen LogP contribution in [0, 0.1) is 5.92 Å². The van der Waals surface area contributed by atoms with Gasteiger partial charge in [-0.25, -0.2) is 0 Å². The van der Waals surface area contributed by atoms with E-state index in [0.29, 0.717) is 27.6 Å². The summed E-state index contributed by atoms with van der Waals surface area (Å²) in [5, 5.41) is 13.9. The largest absolute Gasteiger partial charge is 0.573 e. The van der Waals surface area contributed by atoms with Crippen molar-refractivity contribution in [3.05, 3.63) is 24.3 Å². The molecule has 1 aromatic heterocycles. The molecule has 0 aliphatic heterocycles. The Morgan fingerprint density at radius 1 is 1.22 bits per heavy atom. The summed E-state index contributed by atoms with van der Waals surface area (Å²) in [6.45, 7) is 6.43. The van der Waals surface area contributed by atoms with E-state index >= 15 is 0 Å². The zero-order chi connectivity index (χ0) is 20.0. The van der Waals surface area contributed by atoms with E-state index in [0.717, 1.165) is 0 Å². The molecule has 1 heterocycles. The van der Waals surface area contributed by atoms with Crippen molar-refractivity contribution in [1.82, 2.24) is 15.5 Å². The van der Waals surface area contributed by atoms with Crippen LogP contribution < -0.4 is 15.4 Å². The Morgan fingerprint density at radius 3 is 2.48 bits per heavy atom. The smallest absolute Gasteiger partial charge is 0.406 e. The van der Waals surface area contributed by atoms with Gasteiger partial charge in [0.1, 0.15) is 5.75 Å². The molecule has 2 rings (SSSR count). The minimum Gasteiger partial charge on any atom is -0.406 e. The molecule has 1 aromatic carbocycles.